The van der Waals surface area contributed by atoms with E-state index >= 15 is 0 Å². The Kier molecular flexibility index (Phi) is 4.26. The van der Waals surface area contributed by atoms with Gasteiger partial charge in [0.1, 0.15) is 0 Å². The summed E-state index contributed by atoms with van der Waals surface area (Å²) >= 11 is 0. The molecule has 1 fully saturated rings. The largest absolute Gasteiger partial charge is 0.375 e. The molecular formula is C19H24N4O2S. The van der Waals surface area contributed by atoms with E-state index in [1.807, 2.05) is 26.2 Å². The minimum Gasteiger partial charge on any atom is -0.375 e. The lowest BCUT2D eigenvalue weighted by Crippen LogP contribution is -2.32. The number of hydrogen-bond donors (Lipinski definition) is 1. The van der Waals surface area contributed by atoms with Gasteiger partial charge < -0.3 is 9.80 Å². The molecule has 2 aliphatic rings. The maximum Gasteiger partial charge on any atom is 0.281 e. The van der Waals surface area contributed by atoms with Crippen molar-refractivity contribution >= 4 is 27.1 Å². The smallest absolute Gasteiger partial charge is 0.281 e. The van der Waals surface area contributed by atoms with E-state index in [2.05, 4.69) is 20.7 Å². The average Bonchev–Trinajstić information content (AvgIpc) is 3.46. The highest BCUT2D eigenvalue weighted by Crippen LogP contribution is 2.42. The monoisotopic (exact) mass is 372 g/mol. The highest BCUT2D eigenvalue weighted by atomic mass is 32.2. The fourth-order valence-electron chi connectivity index (χ4n) is 3.64. The van der Waals surface area contributed by atoms with Gasteiger partial charge >= 0.3 is 0 Å². The molecule has 6 nitrogen and oxygen atoms in total. The Balaban J connectivity index is 1.74. The van der Waals surface area contributed by atoms with E-state index in [0.29, 0.717) is 17.4 Å². The van der Waals surface area contributed by atoms with E-state index < -0.39 is 10.0 Å². The van der Waals surface area contributed by atoms with Gasteiger partial charge in [0, 0.05) is 32.9 Å². The summed E-state index contributed by atoms with van der Waals surface area (Å²) in [5, 5.41) is 0.0522. The summed E-state index contributed by atoms with van der Waals surface area (Å²) in [4.78, 5) is 8.28. The molecule has 1 aromatic carbocycles. The minimum absolute atomic E-state index is 0.0522. The predicted molar refractivity (Wildman–Crippen MR) is 105 cm³/mol. The summed E-state index contributed by atoms with van der Waals surface area (Å²) in [6, 6.07) is 9.94. The van der Waals surface area contributed by atoms with Crippen molar-refractivity contribution in [3.8, 4) is 0 Å². The molecule has 1 saturated carbocycles. The number of rotatable bonds is 5. The number of nitrogens with one attached hydrogen (secondary N) is 1. The average molecular weight is 372 g/mol. The van der Waals surface area contributed by atoms with Crippen LogP contribution in [0.1, 0.15) is 24.8 Å². The number of para-hydroxylation sites is 1. The zero-order chi connectivity index (χ0) is 18.3. The normalized spacial score (nSPS) is 16.9. The molecule has 4 rings (SSSR count). The molecular weight excluding hydrogens is 348 g/mol. The first kappa shape index (κ1) is 17.1. The lowest BCUT2D eigenvalue weighted by atomic mass is 10.0. The number of nitrogens with zero attached hydrogens (tertiary/aromatic N) is 3. The molecule has 0 unspecified atom stereocenters. The standard InChI is InChI=1S/C19H24N4O2S/c1-22(2)17-9-4-12-20-19(17)26(24,25)21-16-8-3-6-14-7-5-13-23(18(14)16)15-10-11-15/h3-4,6,8-9,12,15,21H,5,7,10-11,13H2,1-2H3. The third kappa shape index (κ3) is 3.11. The molecule has 1 N–H and O–H groups in total. The third-order valence-electron chi connectivity index (χ3n) is 4.97. The summed E-state index contributed by atoms with van der Waals surface area (Å²) in [6.07, 6.45) is 5.99. The molecule has 0 saturated heterocycles. The van der Waals surface area contributed by atoms with Crippen molar-refractivity contribution in [2.24, 2.45) is 0 Å². The molecule has 1 aliphatic heterocycles. The second-order valence-electron chi connectivity index (χ2n) is 7.17. The van der Waals surface area contributed by atoms with Crippen LogP contribution in [0.3, 0.4) is 0 Å². The van der Waals surface area contributed by atoms with Crippen LogP contribution in [0.4, 0.5) is 17.1 Å². The van der Waals surface area contributed by atoms with Gasteiger partial charge in [0.15, 0.2) is 5.03 Å². The Morgan fingerprint density at radius 3 is 2.73 bits per heavy atom. The lowest BCUT2D eigenvalue weighted by molar-refractivity contribution is 0.597. The van der Waals surface area contributed by atoms with Gasteiger partial charge in [-0.25, -0.2) is 4.98 Å². The topological polar surface area (TPSA) is 65.5 Å². The zero-order valence-corrected chi connectivity index (χ0v) is 16.0. The van der Waals surface area contributed by atoms with Crippen LogP contribution < -0.4 is 14.5 Å². The van der Waals surface area contributed by atoms with Gasteiger partial charge in [0.25, 0.3) is 10.0 Å². The SMILES string of the molecule is CN(C)c1cccnc1S(=O)(=O)Nc1cccc2c1N(C1CC1)CCC2. The number of fused-ring (bicyclic) bond motifs is 1. The van der Waals surface area contributed by atoms with Crippen LogP contribution in [0.2, 0.25) is 0 Å². The Bertz CT molecular complexity index is 923. The molecule has 1 aliphatic carbocycles. The number of anilines is 3. The van der Waals surface area contributed by atoms with Crippen molar-refractivity contribution in [2.45, 2.75) is 36.8 Å². The molecule has 7 heteroatoms. The Hall–Kier alpha value is -2.28. The molecule has 2 aromatic rings. The molecule has 1 aromatic heterocycles. The summed E-state index contributed by atoms with van der Waals surface area (Å²) in [5.41, 5.74) is 3.50. The zero-order valence-electron chi connectivity index (χ0n) is 15.1. The maximum absolute atomic E-state index is 13.1. The van der Waals surface area contributed by atoms with Crippen LogP contribution in [0.5, 0.6) is 0 Å². The van der Waals surface area contributed by atoms with E-state index in [4.69, 9.17) is 0 Å². The summed E-state index contributed by atoms with van der Waals surface area (Å²) in [6.45, 7) is 0.989. The van der Waals surface area contributed by atoms with E-state index in [0.717, 1.165) is 25.1 Å². The quantitative estimate of drug-likeness (QED) is 0.874. The number of aromatic nitrogens is 1. The van der Waals surface area contributed by atoms with Gasteiger partial charge in [-0.1, -0.05) is 12.1 Å². The van der Waals surface area contributed by atoms with Crippen LogP contribution in [0.15, 0.2) is 41.6 Å². The summed E-state index contributed by atoms with van der Waals surface area (Å²) < 4.78 is 29.0. The highest BCUT2D eigenvalue weighted by molar-refractivity contribution is 7.92. The number of hydrogen-bond acceptors (Lipinski definition) is 5. The van der Waals surface area contributed by atoms with Crippen molar-refractivity contribution in [1.29, 1.82) is 0 Å². The molecule has 0 radical (unpaired) electrons. The van der Waals surface area contributed by atoms with Crippen molar-refractivity contribution in [3.05, 3.63) is 42.1 Å². The Morgan fingerprint density at radius 1 is 1.19 bits per heavy atom. The second-order valence-corrected chi connectivity index (χ2v) is 8.77. The van der Waals surface area contributed by atoms with E-state index in [-0.39, 0.29) is 5.03 Å². The maximum atomic E-state index is 13.1. The molecule has 0 atom stereocenters. The van der Waals surface area contributed by atoms with Crippen LogP contribution in [0, 0.1) is 0 Å². The van der Waals surface area contributed by atoms with E-state index in [1.165, 1.54) is 24.6 Å². The van der Waals surface area contributed by atoms with Crippen molar-refractivity contribution < 1.29 is 8.42 Å². The molecule has 0 spiro atoms. The van der Waals surface area contributed by atoms with Gasteiger partial charge in [-0.15, -0.1) is 0 Å². The van der Waals surface area contributed by atoms with Gasteiger partial charge in [0.05, 0.1) is 17.1 Å². The third-order valence-corrected chi connectivity index (χ3v) is 6.28. The summed E-state index contributed by atoms with van der Waals surface area (Å²) in [5.74, 6) is 0. The first-order chi connectivity index (χ1) is 12.5. The van der Waals surface area contributed by atoms with Crippen molar-refractivity contribution in [1.82, 2.24) is 4.98 Å². The summed E-state index contributed by atoms with van der Waals surface area (Å²) in [7, 11) is -0.151. The van der Waals surface area contributed by atoms with Crippen molar-refractivity contribution in [2.75, 3.05) is 35.2 Å². The van der Waals surface area contributed by atoms with Gasteiger partial charge in [0.2, 0.25) is 0 Å². The molecule has 0 amide bonds. The molecule has 138 valence electrons. The highest BCUT2D eigenvalue weighted by Gasteiger charge is 2.34. The van der Waals surface area contributed by atoms with E-state index in [1.54, 1.807) is 17.0 Å². The number of aryl methyl sites for hydroxylation is 1. The van der Waals surface area contributed by atoms with Crippen LogP contribution in [-0.4, -0.2) is 40.1 Å². The Labute approximate surface area is 154 Å². The minimum atomic E-state index is -3.78. The van der Waals surface area contributed by atoms with Crippen LogP contribution in [-0.2, 0) is 16.4 Å². The first-order valence-electron chi connectivity index (χ1n) is 9.01. The second kappa shape index (κ2) is 6.46. The number of sulfonamides is 1. The van der Waals surface area contributed by atoms with E-state index in [9.17, 15) is 8.42 Å². The predicted octanol–water partition coefficient (Wildman–Crippen LogP) is 2.86. The number of pyridine rings is 1. The Morgan fingerprint density at radius 2 is 2.00 bits per heavy atom. The van der Waals surface area contributed by atoms with Crippen LogP contribution in [0.25, 0.3) is 0 Å². The lowest BCUT2D eigenvalue weighted by Gasteiger charge is -2.33. The molecule has 0 bridgehead atoms. The van der Waals surface area contributed by atoms with Gasteiger partial charge in [-0.2, -0.15) is 8.42 Å². The number of benzene rings is 1. The molecule has 26 heavy (non-hydrogen) atoms. The van der Waals surface area contributed by atoms with Crippen LogP contribution >= 0.6 is 0 Å². The molecule has 2 heterocycles. The van der Waals surface area contributed by atoms with Gasteiger partial charge in [-0.3, -0.25) is 4.72 Å². The van der Waals surface area contributed by atoms with Crippen molar-refractivity contribution in [3.63, 3.8) is 0 Å². The first-order valence-corrected chi connectivity index (χ1v) is 10.5. The van der Waals surface area contributed by atoms with Gasteiger partial charge in [-0.05, 0) is 49.4 Å². The fraction of sp³-hybridized carbons (Fsp3) is 0.421. The fourth-order valence-corrected chi connectivity index (χ4v) is 4.92.